The number of piperazine rings is 1. The smallest absolute Gasteiger partial charge is 0.256 e. The Bertz CT molecular complexity index is 1040. The summed E-state index contributed by atoms with van der Waals surface area (Å²) in [6, 6.07) is 13.2. The second-order valence-electron chi connectivity index (χ2n) is 8.55. The van der Waals surface area contributed by atoms with E-state index in [9.17, 15) is 9.59 Å². The van der Waals surface area contributed by atoms with E-state index in [1.807, 2.05) is 4.90 Å². The number of halogens is 2. The molecule has 7 nitrogen and oxygen atoms in total. The molecule has 2 heterocycles. The second kappa shape index (κ2) is 11.0. The molecule has 1 atom stereocenters. The number of nitrogens with zero attached hydrogens (tertiary/aromatic N) is 4. The van der Waals surface area contributed by atoms with Gasteiger partial charge in [0.2, 0.25) is 5.91 Å². The molecular formula is C24H27Cl2N5O2S. The molecule has 1 unspecified atom stereocenters. The molecule has 0 saturated carbocycles. The second-order valence-corrected chi connectivity index (χ2v) is 9.78. The average molecular weight is 520 g/mol. The number of nitrogens with one attached hydrogen (secondary N) is 1. The number of thiocarbonyl (C=S) groups is 1. The summed E-state index contributed by atoms with van der Waals surface area (Å²) < 4.78 is 0. The Morgan fingerprint density at radius 1 is 0.971 bits per heavy atom. The van der Waals surface area contributed by atoms with Gasteiger partial charge in [0.15, 0.2) is 5.11 Å². The molecule has 0 bridgehead atoms. The van der Waals surface area contributed by atoms with Gasteiger partial charge >= 0.3 is 0 Å². The summed E-state index contributed by atoms with van der Waals surface area (Å²) in [6.45, 7) is 5.28. The predicted octanol–water partition coefficient (Wildman–Crippen LogP) is 3.57. The molecule has 2 saturated heterocycles. The van der Waals surface area contributed by atoms with Crippen LogP contribution in [0, 0.1) is 0 Å². The van der Waals surface area contributed by atoms with Gasteiger partial charge in [-0.3, -0.25) is 19.4 Å². The molecule has 2 aromatic rings. The van der Waals surface area contributed by atoms with Crippen LogP contribution in [0.2, 0.25) is 10.0 Å². The zero-order valence-corrected chi connectivity index (χ0v) is 21.2. The first-order valence-electron chi connectivity index (χ1n) is 11.2. The van der Waals surface area contributed by atoms with Gasteiger partial charge in [0.1, 0.15) is 6.04 Å². The van der Waals surface area contributed by atoms with Crippen molar-refractivity contribution in [2.45, 2.75) is 12.5 Å². The van der Waals surface area contributed by atoms with Crippen LogP contribution in [0.25, 0.3) is 0 Å². The van der Waals surface area contributed by atoms with Crippen molar-refractivity contribution >= 4 is 63.7 Å². The first-order valence-corrected chi connectivity index (χ1v) is 12.3. The van der Waals surface area contributed by atoms with Crippen LogP contribution in [0.4, 0.5) is 11.4 Å². The summed E-state index contributed by atoms with van der Waals surface area (Å²) in [4.78, 5) is 34.4. The van der Waals surface area contributed by atoms with Gasteiger partial charge in [-0.1, -0.05) is 23.2 Å². The van der Waals surface area contributed by atoms with Crippen LogP contribution in [-0.2, 0) is 9.59 Å². The van der Waals surface area contributed by atoms with Gasteiger partial charge in [0, 0.05) is 55.0 Å². The molecule has 0 aromatic heterocycles. The van der Waals surface area contributed by atoms with E-state index in [1.54, 1.807) is 48.5 Å². The number of anilines is 2. The third-order valence-electron chi connectivity index (χ3n) is 6.16. The van der Waals surface area contributed by atoms with E-state index in [-0.39, 0.29) is 18.2 Å². The van der Waals surface area contributed by atoms with E-state index >= 15 is 0 Å². The van der Waals surface area contributed by atoms with Crippen molar-refractivity contribution in [3.05, 3.63) is 58.6 Å². The van der Waals surface area contributed by atoms with Crippen LogP contribution < -0.4 is 10.2 Å². The van der Waals surface area contributed by atoms with Crippen LogP contribution >= 0.6 is 35.4 Å². The number of rotatable bonds is 7. The van der Waals surface area contributed by atoms with Crippen LogP contribution in [0.15, 0.2) is 48.5 Å². The van der Waals surface area contributed by atoms with E-state index in [2.05, 4.69) is 22.2 Å². The lowest BCUT2D eigenvalue weighted by atomic mass is 10.1. The highest BCUT2D eigenvalue weighted by Crippen LogP contribution is 2.28. The zero-order chi connectivity index (χ0) is 24.2. The van der Waals surface area contributed by atoms with Crippen molar-refractivity contribution < 1.29 is 9.59 Å². The van der Waals surface area contributed by atoms with Crippen molar-refractivity contribution in [3.63, 3.8) is 0 Å². The fourth-order valence-electron chi connectivity index (χ4n) is 4.16. The Hall–Kier alpha value is -2.23. The van der Waals surface area contributed by atoms with E-state index in [1.165, 1.54) is 4.90 Å². The topological polar surface area (TPSA) is 59.1 Å². The van der Waals surface area contributed by atoms with Gasteiger partial charge in [-0.2, -0.15) is 0 Å². The third-order valence-corrected chi connectivity index (χ3v) is 7.08. The average Bonchev–Trinajstić information content (AvgIpc) is 3.04. The lowest BCUT2D eigenvalue weighted by molar-refractivity contribution is -0.124. The largest absolute Gasteiger partial charge is 0.335 e. The minimum Gasteiger partial charge on any atom is -0.335 e. The highest BCUT2D eigenvalue weighted by atomic mass is 35.5. The van der Waals surface area contributed by atoms with E-state index in [0.29, 0.717) is 33.1 Å². The van der Waals surface area contributed by atoms with Gasteiger partial charge in [-0.05, 0) is 67.8 Å². The Morgan fingerprint density at radius 2 is 1.56 bits per heavy atom. The van der Waals surface area contributed by atoms with Crippen LogP contribution in [0.3, 0.4) is 0 Å². The van der Waals surface area contributed by atoms with Crippen LogP contribution in [0.5, 0.6) is 0 Å². The predicted molar refractivity (Wildman–Crippen MR) is 141 cm³/mol. The zero-order valence-electron chi connectivity index (χ0n) is 18.9. The summed E-state index contributed by atoms with van der Waals surface area (Å²) in [5.74, 6) is -0.469. The van der Waals surface area contributed by atoms with Gasteiger partial charge in [-0.15, -0.1) is 0 Å². The van der Waals surface area contributed by atoms with Crippen LogP contribution in [0.1, 0.15) is 6.42 Å². The lowest BCUT2D eigenvalue weighted by Gasteiger charge is -2.34. The molecule has 10 heteroatoms. The van der Waals surface area contributed by atoms with Gasteiger partial charge in [0.05, 0.1) is 12.1 Å². The lowest BCUT2D eigenvalue weighted by Crippen LogP contribution is -2.48. The molecule has 2 aromatic carbocycles. The summed E-state index contributed by atoms with van der Waals surface area (Å²) in [7, 11) is 2.12. The van der Waals surface area contributed by atoms with Gasteiger partial charge in [0.25, 0.3) is 5.91 Å². The highest BCUT2D eigenvalue weighted by molar-refractivity contribution is 7.80. The number of likely N-dealkylation sites (N-methyl/N-ethyl adjacent to an activating group) is 1. The van der Waals surface area contributed by atoms with E-state index < -0.39 is 6.04 Å². The first kappa shape index (κ1) is 24.9. The molecular weight excluding hydrogens is 493 g/mol. The van der Waals surface area contributed by atoms with Crippen molar-refractivity contribution in [2.24, 2.45) is 0 Å². The third kappa shape index (κ3) is 5.87. The minimum atomic E-state index is -0.678. The minimum absolute atomic E-state index is 0.00553. The maximum absolute atomic E-state index is 13.5. The van der Waals surface area contributed by atoms with Gasteiger partial charge in [-0.25, -0.2) is 0 Å². The number of benzene rings is 2. The van der Waals surface area contributed by atoms with Crippen LogP contribution in [-0.4, -0.2) is 84.0 Å². The maximum Gasteiger partial charge on any atom is 0.256 e. The highest BCUT2D eigenvalue weighted by Gasteiger charge is 2.44. The molecule has 2 aliphatic heterocycles. The maximum atomic E-state index is 13.5. The molecule has 0 aliphatic carbocycles. The number of amides is 2. The molecule has 1 N–H and O–H groups in total. The molecule has 0 radical (unpaired) electrons. The summed E-state index contributed by atoms with van der Waals surface area (Å²) in [5, 5.41) is 4.42. The molecule has 2 fully saturated rings. The monoisotopic (exact) mass is 519 g/mol. The Balaban J connectivity index is 1.50. The Kier molecular flexibility index (Phi) is 8.06. The normalized spacial score (nSPS) is 19.7. The summed E-state index contributed by atoms with van der Waals surface area (Å²) in [6.07, 6.45) is -0.00553. The van der Waals surface area contributed by atoms with Crippen molar-refractivity contribution in [2.75, 3.05) is 56.5 Å². The number of hydrogen-bond donors (Lipinski definition) is 1. The fraction of sp³-hybridized carbons (Fsp3) is 0.375. The van der Waals surface area contributed by atoms with Crippen molar-refractivity contribution in [1.82, 2.24) is 14.7 Å². The quantitative estimate of drug-likeness (QED) is 0.564. The molecule has 2 aliphatic rings. The molecule has 180 valence electrons. The molecule has 4 rings (SSSR count). The standard InChI is InChI=1S/C24H27Cl2N5O2S/c1-28-10-12-29(13-11-28)14-15-30-21(16-22(32)27-19-6-2-17(25)3-7-19)23(33)31(24(30)34)20-8-4-18(26)5-9-20/h2-9,21H,10-16H2,1H3,(H,27,32). The van der Waals surface area contributed by atoms with Gasteiger partial charge < -0.3 is 15.1 Å². The summed E-state index contributed by atoms with van der Waals surface area (Å²) >= 11 is 17.7. The molecule has 2 amide bonds. The first-order chi connectivity index (χ1) is 16.3. The SMILES string of the molecule is CN1CCN(CCN2C(=S)N(c3ccc(Cl)cc3)C(=O)C2CC(=O)Nc2ccc(Cl)cc2)CC1. The van der Waals surface area contributed by atoms with E-state index in [4.69, 9.17) is 35.4 Å². The number of carbonyl (C=O) groups excluding carboxylic acids is 2. The molecule has 0 spiro atoms. The molecule has 34 heavy (non-hydrogen) atoms. The number of carbonyl (C=O) groups is 2. The van der Waals surface area contributed by atoms with Crippen molar-refractivity contribution in [1.29, 1.82) is 0 Å². The number of hydrogen-bond acceptors (Lipinski definition) is 5. The van der Waals surface area contributed by atoms with E-state index in [0.717, 1.165) is 32.7 Å². The van der Waals surface area contributed by atoms with Crippen molar-refractivity contribution in [3.8, 4) is 0 Å². The fourth-order valence-corrected chi connectivity index (χ4v) is 4.82. The Morgan fingerprint density at radius 3 is 2.18 bits per heavy atom. The Labute approximate surface area is 215 Å². The summed E-state index contributed by atoms with van der Waals surface area (Å²) in [5.41, 5.74) is 1.27.